The lowest BCUT2D eigenvalue weighted by Gasteiger charge is -2.33. The summed E-state index contributed by atoms with van der Waals surface area (Å²) in [5.74, 6) is 0.666. The lowest BCUT2D eigenvalue weighted by molar-refractivity contribution is 0.261. The SMILES string of the molecule is CN1CCN(c2cnn(CC3CCC3)c(=O)c2)CC1. The lowest BCUT2D eigenvalue weighted by Crippen LogP contribution is -2.45. The predicted molar refractivity (Wildman–Crippen MR) is 75.5 cm³/mol. The van der Waals surface area contributed by atoms with Gasteiger partial charge in [0.25, 0.3) is 5.56 Å². The van der Waals surface area contributed by atoms with E-state index in [0.717, 1.165) is 38.4 Å². The van der Waals surface area contributed by atoms with Gasteiger partial charge in [-0.2, -0.15) is 5.10 Å². The van der Waals surface area contributed by atoms with Crippen molar-refractivity contribution in [3.8, 4) is 0 Å². The van der Waals surface area contributed by atoms with E-state index >= 15 is 0 Å². The Hall–Kier alpha value is -1.36. The van der Waals surface area contributed by atoms with Gasteiger partial charge in [0.15, 0.2) is 0 Å². The van der Waals surface area contributed by atoms with Crippen molar-refractivity contribution in [2.45, 2.75) is 25.8 Å². The number of aromatic nitrogens is 2. The Bertz CT molecular complexity index is 486. The maximum absolute atomic E-state index is 12.1. The molecule has 104 valence electrons. The highest BCUT2D eigenvalue weighted by molar-refractivity contribution is 5.43. The highest BCUT2D eigenvalue weighted by Gasteiger charge is 2.20. The third-order valence-electron chi connectivity index (χ3n) is 4.38. The average Bonchev–Trinajstić information content (AvgIpc) is 2.36. The van der Waals surface area contributed by atoms with Crippen LogP contribution >= 0.6 is 0 Å². The lowest BCUT2D eigenvalue weighted by atomic mass is 9.85. The van der Waals surface area contributed by atoms with Crippen molar-refractivity contribution in [1.82, 2.24) is 14.7 Å². The van der Waals surface area contributed by atoms with Crippen LogP contribution < -0.4 is 10.5 Å². The molecule has 0 unspecified atom stereocenters. The molecule has 0 aromatic carbocycles. The van der Waals surface area contributed by atoms with E-state index in [9.17, 15) is 4.79 Å². The van der Waals surface area contributed by atoms with Gasteiger partial charge in [0, 0.05) is 38.8 Å². The number of rotatable bonds is 3. The molecular formula is C14H22N4O. The minimum atomic E-state index is 0.0447. The maximum atomic E-state index is 12.1. The van der Waals surface area contributed by atoms with Gasteiger partial charge in [-0.25, -0.2) is 4.68 Å². The average molecular weight is 262 g/mol. The van der Waals surface area contributed by atoms with Gasteiger partial charge in [-0.3, -0.25) is 4.79 Å². The molecule has 1 aromatic heterocycles. The zero-order chi connectivity index (χ0) is 13.2. The Morgan fingerprint density at radius 2 is 2.00 bits per heavy atom. The number of nitrogens with zero attached hydrogens (tertiary/aromatic N) is 4. The predicted octanol–water partition coefficient (Wildman–Crippen LogP) is 0.795. The van der Waals surface area contributed by atoms with E-state index in [1.165, 1.54) is 19.3 Å². The van der Waals surface area contributed by atoms with Gasteiger partial charge in [-0.15, -0.1) is 0 Å². The third kappa shape index (κ3) is 2.81. The fraction of sp³-hybridized carbons (Fsp3) is 0.714. The summed E-state index contributed by atoms with van der Waals surface area (Å²) in [6.07, 6.45) is 5.65. The van der Waals surface area contributed by atoms with E-state index in [1.54, 1.807) is 10.7 Å². The van der Waals surface area contributed by atoms with Gasteiger partial charge in [-0.1, -0.05) is 6.42 Å². The summed E-state index contributed by atoms with van der Waals surface area (Å²) in [5.41, 5.74) is 1.02. The quantitative estimate of drug-likeness (QED) is 0.808. The number of hydrogen-bond donors (Lipinski definition) is 0. The van der Waals surface area contributed by atoms with Crippen LogP contribution in [0.1, 0.15) is 19.3 Å². The molecule has 1 saturated carbocycles. The molecule has 1 aliphatic heterocycles. The van der Waals surface area contributed by atoms with Crippen molar-refractivity contribution in [1.29, 1.82) is 0 Å². The molecule has 1 aliphatic carbocycles. The van der Waals surface area contributed by atoms with E-state index in [-0.39, 0.29) is 5.56 Å². The van der Waals surface area contributed by atoms with Crippen molar-refractivity contribution < 1.29 is 0 Å². The van der Waals surface area contributed by atoms with Crippen molar-refractivity contribution >= 4 is 5.69 Å². The van der Waals surface area contributed by atoms with Crippen LogP contribution in [0.25, 0.3) is 0 Å². The third-order valence-corrected chi connectivity index (χ3v) is 4.38. The molecule has 5 nitrogen and oxygen atoms in total. The van der Waals surface area contributed by atoms with Gasteiger partial charge < -0.3 is 9.80 Å². The molecule has 2 aliphatic rings. The second kappa shape index (κ2) is 5.33. The highest BCUT2D eigenvalue weighted by atomic mass is 16.1. The normalized spacial score (nSPS) is 21.4. The first kappa shape index (κ1) is 12.7. The van der Waals surface area contributed by atoms with E-state index in [4.69, 9.17) is 0 Å². The minimum Gasteiger partial charge on any atom is -0.368 e. The van der Waals surface area contributed by atoms with E-state index in [2.05, 4.69) is 21.9 Å². The molecule has 0 radical (unpaired) electrons. The van der Waals surface area contributed by atoms with Crippen LogP contribution in [-0.2, 0) is 6.54 Å². The second-order valence-electron chi connectivity index (χ2n) is 5.82. The number of likely N-dealkylation sites (N-methyl/N-ethyl adjacent to an activating group) is 1. The Kier molecular flexibility index (Phi) is 3.55. The molecule has 0 N–H and O–H groups in total. The van der Waals surface area contributed by atoms with E-state index in [1.807, 2.05) is 6.20 Å². The molecule has 0 amide bonds. The van der Waals surface area contributed by atoms with Crippen molar-refractivity contribution in [2.24, 2.45) is 5.92 Å². The standard InChI is InChI=1S/C14H22N4O/c1-16-5-7-17(8-6-16)13-9-14(19)18(15-10-13)11-12-3-2-4-12/h9-10,12H,2-8,11H2,1H3. The van der Waals surface area contributed by atoms with E-state index < -0.39 is 0 Å². The zero-order valence-electron chi connectivity index (χ0n) is 11.6. The van der Waals surface area contributed by atoms with Gasteiger partial charge in [-0.05, 0) is 25.8 Å². The van der Waals surface area contributed by atoms with Crippen LogP contribution in [0.4, 0.5) is 5.69 Å². The summed E-state index contributed by atoms with van der Waals surface area (Å²) in [5, 5.41) is 4.34. The molecule has 2 heterocycles. The highest BCUT2D eigenvalue weighted by Crippen LogP contribution is 2.27. The molecule has 19 heavy (non-hydrogen) atoms. The summed E-state index contributed by atoms with van der Waals surface area (Å²) in [6.45, 7) is 4.84. The molecule has 0 bridgehead atoms. The first-order valence-electron chi connectivity index (χ1n) is 7.23. The molecular weight excluding hydrogens is 240 g/mol. The molecule has 3 rings (SSSR count). The summed E-state index contributed by atoms with van der Waals surface area (Å²) >= 11 is 0. The summed E-state index contributed by atoms with van der Waals surface area (Å²) in [6, 6.07) is 1.75. The Labute approximate surface area is 113 Å². The van der Waals surface area contributed by atoms with Crippen LogP contribution in [0.15, 0.2) is 17.1 Å². The largest absolute Gasteiger partial charge is 0.368 e. The molecule has 1 saturated heterocycles. The van der Waals surface area contributed by atoms with E-state index in [0.29, 0.717) is 5.92 Å². The van der Waals surface area contributed by atoms with Crippen LogP contribution in [0.5, 0.6) is 0 Å². The second-order valence-corrected chi connectivity index (χ2v) is 5.82. The smallest absolute Gasteiger partial charge is 0.268 e. The topological polar surface area (TPSA) is 41.4 Å². The van der Waals surface area contributed by atoms with Gasteiger partial charge in [0.05, 0.1) is 11.9 Å². The minimum absolute atomic E-state index is 0.0447. The first-order valence-corrected chi connectivity index (χ1v) is 7.23. The van der Waals surface area contributed by atoms with Gasteiger partial charge in [0.2, 0.25) is 0 Å². The summed E-state index contributed by atoms with van der Waals surface area (Å²) in [4.78, 5) is 16.6. The molecule has 0 spiro atoms. The number of anilines is 1. The van der Waals surface area contributed by atoms with Crippen LogP contribution in [0.2, 0.25) is 0 Å². The molecule has 2 fully saturated rings. The number of hydrogen-bond acceptors (Lipinski definition) is 4. The fourth-order valence-electron chi connectivity index (χ4n) is 2.72. The Morgan fingerprint density at radius 1 is 1.26 bits per heavy atom. The Balaban J connectivity index is 1.69. The van der Waals surface area contributed by atoms with Gasteiger partial charge >= 0.3 is 0 Å². The van der Waals surface area contributed by atoms with Gasteiger partial charge in [0.1, 0.15) is 0 Å². The number of piperazine rings is 1. The summed E-state index contributed by atoms with van der Waals surface area (Å²) < 4.78 is 1.63. The molecule has 1 aromatic rings. The Morgan fingerprint density at radius 3 is 2.58 bits per heavy atom. The first-order chi connectivity index (χ1) is 9.22. The van der Waals surface area contributed by atoms with Crippen molar-refractivity contribution in [2.75, 3.05) is 38.1 Å². The molecule has 5 heteroatoms. The van der Waals surface area contributed by atoms with Crippen LogP contribution in [0.3, 0.4) is 0 Å². The van der Waals surface area contributed by atoms with Crippen molar-refractivity contribution in [3.63, 3.8) is 0 Å². The fourth-order valence-corrected chi connectivity index (χ4v) is 2.72. The van der Waals surface area contributed by atoms with Crippen LogP contribution in [0, 0.1) is 5.92 Å². The zero-order valence-corrected chi connectivity index (χ0v) is 11.6. The van der Waals surface area contributed by atoms with Crippen LogP contribution in [-0.4, -0.2) is 47.9 Å². The summed E-state index contributed by atoms with van der Waals surface area (Å²) in [7, 11) is 2.13. The van der Waals surface area contributed by atoms with Crippen molar-refractivity contribution in [3.05, 3.63) is 22.6 Å². The monoisotopic (exact) mass is 262 g/mol. The molecule has 0 atom stereocenters. The maximum Gasteiger partial charge on any atom is 0.268 e.